The minimum Gasteiger partial charge on any atom is -0.444 e. The Hall–Kier alpha value is -1.91. The van der Waals surface area contributed by atoms with Gasteiger partial charge in [-0.15, -0.1) is 0 Å². The van der Waals surface area contributed by atoms with Crippen LogP contribution in [0.1, 0.15) is 40.0 Å². The van der Waals surface area contributed by atoms with Crippen LogP contribution in [0.4, 0.5) is 4.79 Å². The van der Waals surface area contributed by atoms with Crippen LogP contribution < -0.4 is 11.1 Å². The molecule has 1 saturated heterocycles. The molecule has 3 N–H and O–H groups in total. The summed E-state index contributed by atoms with van der Waals surface area (Å²) in [5, 5.41) is 2.99. The normalized spacial score (nSPS) is 19.9. The average Bonchev–Trinajstić information content (AvgIpc) is 2.62. The number of hydrogen-bond donors (Lipinski definition) is 2. The topological polar surface area (TPSA) is 67.6 Å². The van der Waals surface area contributed by atoms with E-state index in [1.54, 1.807) is 0 Å². The smallest absolute Gasteiger partial charge is 0.410 e. The van der Waals surface area contributed by atoms with Crippen molar-refractivity contribution in [2.75, 3.05) is 13.1 Å². The lowest BCUT2D eigenvalue weighted by Crippen LogP contribution is -2.41. The predicted octanol–water partition coefficient (Wildman–Crippen LogP) is 2.87. The monoisotopic (exact) mass is 305 g/mol. The average molecular weight is 305 g/mol. The molecule has 2 aliphatic rings. The molecule has 122 valence electrons. The first-order chi connectivity index (χ1) is 10.3. The van der Waals surface area contributed by atoms with Gasteiger partial charge in [0, 0.05) is 19.3 Å². The molecule has 0 unspecified atom stereocenters. The van der Waals surface area contributed by atoms with Crippen LogP contribution in [0.3, 0.4) is 0 Å². The van der Waals surface area contributed by atoms with E-state index in [2.05, 4.69) is 11.4 Å². The van der Waals surface area contributed by atoms with Crippen LogP contribution in [0.2, 0.25) is 0 Å². The SMILES string of the molecule is CC(C)(C)OC(=O)N1CCC(CC2=CC=CNC(N)=C2)CC1. The maximum Gasteiger partial charge on any atom is 0.410 e. The number of nitrogens with one attached hydrogen (secondary N) is 1. The highest BCUT2D eigenvalue weighted by Crippen LogP contribution is 2.26. The fraction of sp³-hybridized carbons (Fsp3) is 0.588. The Balaban J connectivity index is 1.82. The van der Waals surface area contributed by atoms with E-state index in [0.29, 0.717) is 11.7 Å². The molecule has 2 aliphatic heterocycles. The largest absolute Gasteiger partial charge is 0.444 e. The van der Waals surface area contributed by atoms with Gasteiger partial charge in [-0.1, -0.05) is 6.08 Å². The number of nitrogens with two attached hydrogens (primary N) is 1. The Labute approximate surface area is 132 Å². The number of ether oxygens (including phenoxy) is 1. The van der Waals surface area contributed by atoms with Crippen LogP contribution in [-0.2, 0) is 4.74 Å². The number of rotatable bonds is 2. The Morgan fingerprint density at radius 1 is 1.41 bits per heavy atom. The molecule has 0 aromatic heterocycles. The molecule has 0 bridgehead atoms. The van der Waals surface area contributed by atoms with E-state index in [9.17, 15) is 4.79 Å². The van der Waals surface area contributed by atoms with Gasteiger partial charge < -0.3 is 20.7 Å². The number of carbonyl (C=O) groups excluding carboxylic acids is 1. The van der Waals surface area contributed by atoms with Gasteiger partial charge >= 0.3 is 6.09 Å². The number of nitrogens with zero attached hydrogens (tertiary/aromatic N) is 1. The minimum atomic E-state index is -0.430. The van der Waals surface area contributed by atoms with Crippen molar-refractivity contribution in [3.05, 3.63) is 35.8 Å². The van der Waals surface area contributed by atoms with Crippen molar-refractivity contribution in [1.82, 2.24) is 10.2 Å². The minimum absolute atomic E-state index is 0.198. The summed E-state index contributed by atoms with van der Waals surface area (Å²) in [5.41, 5.74) is 6.64. The van der Waals surface area contributed by atoms with Crippen LogP contribution in [0.15, 0.2) is 35.8 Å². The molecule has 0 radical (unpaired) electrons. The van der Waals surface area contributed by atoms with Crippen molar-refractivity contribution >= 4 is 6.09 Å². The summed E-state index contributed by atoms with van der Waals surface area (Å²) in [6.45, 7) is 7.22. The van der Waals surface area contributed by atoms with Crippen LogP contribution in [0.5, 0.6) is 0 Å². The van der Waals surface area contributed by atoms with E-state index in [4.69, 9.17) is 10.5 Å². The van der Waals surface area contributed by atoms with Gasteiger partial charge in [0.15, 0.2) is 0 Å². The molecule has 0 atom stereocenters. The maximum atomic E-state index is 12.0. The first kappa shape index (κ1) is 16.5. The Morgan fingerprint density at radius 2 is 2.09 bits per heavy atom. The Bertz CT molecular complexity index is 493. The summed E-state index contributed by atoms with van der Waals surface area (Å²) in [4.78, 5) is 13.9. The van der Waals surface area contributed by atoms with E-state index >= 15 is 0 Å². The lowest BCUT2D eigenvalue weighted by molar-refractivity contribution is 0.0184. The van der Waals surface area contributed by atoms with Gasteiger partial charge in [0.2, 0.25) is 0 Å². The van der Waals surface area contributed by atoms with Gasteiger partial charge in [-0.3, -0.25) is 0 Å². The van der Waals surface area contributed by atoms with E-state index in [1.165, 1.54) is 5.57 Å². The lowest BCUT2D eigenvalue weighted by Gasteiger charge is -2.33. The number of carbonyl (C=O) groups is 1. The van der Waals surface area contributed by atoms with E-state index < -0.39 is 5.60 Å². The highest BCUT2D eigenvalue weighted by atomic mass is 16.6. The Kier molecular flexibility index (Phi) is 5.16. The molecule has 2 rings (SSSR count). The second-order valence-corrected chi connectivity index (χ2v) is 6.96. The molecular weight excluding hydrogens is 278 g/mol. The number of allylic oxidation sites excluding steroid dienone is 4. The highest BCUT2D eigenvalue weighted by molar-refractivity contribution is 5.68. The van der Waals surface area contributed by atoms with Gasteiger partial charge in [0.05, 0.1) is 0 Å². The highest BCUT2D eigenvalue weighted by Gasteiger charge is 2.27. The second-order valence-electron chi connectivity index (χ2n) is 6.96. The fourth-order valence-electron chi connectivity index (χ4n) is 2.71. The molecule has 2 heterocycles. The number of piperidine rings is 1. The first-order valence-corrected chi connectivity index (χ1v) is 7.91. The number of hydrogen-bond acceptors (Lipinski definition) is 4. The van der Waals surface area contributed by atoms with Gasteiger partial charge in [0.1, 0.15) is 11.4 Å². The van der Waals surface area contributed by atoms with Crippen molar-refractivity contribution in [3.8, 4) is 0 Å². The van der Waals surface area contributed by atoms with Crippen molar-refractivity contribution in [3.63, 3.8) is 0 Å². The van der Waals surface area contributed by atoms with Crippen molar-refractivity contribution in [1.29, 1.82) is 0 Å². The molecule has 0 spiro atoms. The van der Waals surface area contributed by atoms with Gasteiger partial charge in [-0.25, -0.2) is 4.79 Å². The van der Waals surface area contributed by atoms with Crippen molar-refractivity contribution in [2.45, 2.75) is 45.6 Å². The van der Waals surface area contributed by atoms with Crippen molar-refractivity contribution in [2.24, 2.45) is 11.7 Å². The molecule has 5 nitrogen and oxygen atoms in total. The molecule has 0 aromatic carbocycles. The third-order valence-electron chi connectivity index (χ3n) is 3.79. The van der Waals surface area contributed by atoms with E-state index in [0.717, 1.165) is 32.4 Å². The number of likely N-dealkylation sites (tertiary alicyclic amines) is 1. The molecule has 1 fully saturated rings. The quantitative estimate of drug-likeness (QED) is 0.823. The third kappa shape index (κ3) is 5.13. The zero-order valence-corrected chi connectivity index (χ0v) is 13.8. The van der Waals surface area contributed by atoms with Crippen LogP contribution in [0.25, 0.3) is 0 Å². The lowest BCUT2D eigenvalue weighted by atomic mass is 9.90. The number of amides is 1. The summed E-state index contributed by atoms with van der Waals surface area (Å²) in [7, 11) is 0. The molecular formula is C17H27N3O2. The standard InChI is InChI=1S/C17H27N3O2/c1-17(2,3)22-16(21)20-9-6-13(7-10-20)11-14-5-4-8-19-15(18)12-14/h4-5,8,12-13,19H,6-7,9-11,18H2,1-3H3. The maximum absolute atomic E-state index is 12.0. The van der Waals surface area contributed by atoms with Crippen LogP contribution in [-0.4, -0.2) is 29.7 Å². The molecule has 0 saturated carbocycles. The van der Waals surface area contributed by atoms with E-state index in [1.807, 2.05) is 44.0 Å². The summed E-state index contributed by atoms with van der Waals surface area (Å²) in [6.07, 6.45) is 10.7. The molecule has 0 aromatic rings. The fourth-order valence-corrected chi connectivity index (χ4v) is 2.71. The second kappa shape index (κ2) is 6.90. The molecule has 22 heavy (non-hydrogen) atoms. The first-order valence-electron chi connectivity index (χ1n) is 7.91. The van der Waals surface area contributed by atoms with Gasteiger partial charge in [0.25, 0.3) is 0 Å². The molecule has 1 amide bonds. The van der Waals surface area contributed by atoms with E-state index in [-0.39, 0.29) is 6.09 Å². The summed E-state index contributed by atoms with van der Waals surface area (Å²) < 4.78 is 5.43. The van der Waals surface area contributed by atoms with Crippen LogP contribution >= 0.6 is 0 Å². The zero-order valence-electron chi connectivity index (χ0n) is 13.8. The summed E-state index contributed by atoms with van der Waals surface area (Å²) >= 11 is 0. The summed E-state index contributed by atoms with van der Waals surface area (Å²) in [6, 6.07) is 0. The van der Waals surface area contributed by atoms with Gasteiger partial charge in [-0.05, 0) is 63.7 Å². The molecule has 0 aliphatic carbocycles. The summed E-state index contributed by atoms with van der Waals surface area (Å²) in [5.74, 6) is 1.26. The van der Waals surface area contributed by atoms with Gasteiger partial charge in [-0.2, -0.15) is 0 Å². The molecule has 5 heteroatoms. The third-order valence-corrected chi connectivity index (χ3v) is 3.79. The predicted molar refractivity (Wildman–Crippen MR) is 87.8 cm³/mol. The zero-order chi connectivity index (χ0) is 16.2. The van der Waals surface area contributed by atoms with Crippen molar-refractivity contribution < 1.29 is 9.53 Å². The Morgan fingerprint density at radius 3 is 2.73 bits per heavy atom. The van der Waals surface area contributed by atoms with Crippen LogP contribution in [0, 0.1) is 5.92 Å².